The summed E-state index contributed by atoms with van der Waals surface area (Å²) in [5.74, 6) is 0.459. The zero-order chi connectivity index (χ0) is 15.4. The molecule has 1 aromatic heterocycles. The van der Waals surface area contributed by atoms with Crippen molar-refractivity contribution in [2.75, 3.05) is 0 Å². The average Bonchev–Trinajstić information content (AvgIpc) is 2.81. The second kappa shape index (κ2) is 6.69. The van der Waals surface area contributed by atoms with Crippen LogP contribution in [0.2, 0.25) is 5.02 Å². The molecule has 0 spiro atoms. The molecule has 2 aromatic rings. The normalized spacial score (nSPS) is 11.9. The molecule has 0 saturated heterocycles. The number of hydrogen-bond donors (Lipinski definition) is 2. The van der Waals surface area contributed by atoms with Crippen molar-refractivity contribution in [3.8, 4) is 0 Å². The van der Waals surface area contributed by atoms with Gasteiger partial charge in [0, 0.05) is 17.1 Å². The predicted octanol–water partition coefficient (Wildman–Crippen LogP) is 3.27. The third-order valence-electron chi connectivity index (χ3n) is 2.94. The van der Waals surface area contributed by atoms with Crippen LogP contribution in [0.5, 0.6) is 0 Å². The fraction of sp³-hybridized carbons (Fsp3) is 0.214. The maximum atomic E-state index is 12.2. The van der Waals surface area contributed by atoms with E-state index in [0.29, 0.717) is 27.7 Å². The van der Waals surface area contributed by atoms with Gasteiger partial charge in [-0.15, -0.1) is 6.58 Å². The fourth-order valence-electron chi connectivity index (χ4n) is 1.91. The predicted molar refractivity (Wildman–Crippen MR) is 84.9 cm³/mol. The van der Waals surface area contributed by atoms with Crippen LogP contribution in [-0.2, 0) is 6.54 Å². The average molecular weight is 323 g/mol. The van der Waals surface area contributed by atoms with E-state index in [4.69, 9.17) is 23.8 Å². The van der Waals surface area contributed by atoms with Crippen LogP contribution in [0.25, 0.3) is 0 Å². The molecule has 0 aliphatic carbocycles. The molecule has 1 atom stereocenters. The number of aromatic nitrogens is 3. The van der Waals surface area contributed by atoms with Gasteiger partial charge in [-0.25, -0.2) is 0 Å². The van der Waals surface area contributed by atoms with E-state index >= 15 is 0 Å². The molecular formula is C14H15ClN4OS. The van der Waals surface area contributed by atoms with Gasteiger partial charge in [0.15, 0.2) is 10.6 Å². The highest BCUT2D eigenvalue weighted by atomic mass is 35.5. The smallest absolute Gasteiger partial charge is 0.251 e. The lowest BCUT2D eigenvalue weighted by Crippen LogP contribution is -2.28. The Bertz CT molecular complexity index is 705. The Morgan fingerprint density at radius 1 is 1.57 bits per heavy atom. The van der Waals surface area contributed by atoms with Gasteiger partial charge >= 0.3 is 0 Å². The lowest BCUT2D eigenvalue weighted by molar-refractivity contribution is 0.0937. The number of carbonyl (C=O) groups excluding carboxylic acids is 1. The van der Waals surface area contributed by atoms with Crippen LogP contribution >= 0.6 is 23.8 Å². The Labute approximate surface area is 132 Å². The van der Waals surface area contributed by atoms with Gasteiger partial charge in [-0.1, -0.05) is 17.7 Å². The minimum atomic E-state index is -0.291. The molecule has 21 heavy (non-hydrogen) atoms. The van der Waals surface area contributed by atoms with Crippen molar-refractivity contribution in [1.29, 1.82) is 0 Å². The maximum Gasteiger partial charge on any atom is 0.251 e. The van der Waals surface area contributed by atoms with Crippen molar-refractivity contribution >= 4 is 29.7 Å². The van der Waals surface area contributed by atoms with E-state index < -0.39 is 0 Å². The molecule has 0 bridgehead atoms. The van der Waals surface area contributed by atoms with Crippen molar-refractivity contribution in [2.24, 2.45) is 0 Å². The number of benzene rings is 1. The number of amides is 1. The summed E-state index contributed by atoms with van der Waals surface area (Å²) in [7, 11) is 0. The summed E-state index contributed by atoms with van der Waals surface area (Å²) >= 11 is 11.0. The highest BCUT2D eigenvalue weighted by Crippen LogP contribution is 2.13. The fourth-order valence-corrected chi connectivity index (χ4v) is 2.25. The van der Waals surface area contributed by atoms with Gasteiger partial charge < -0.3 is 5.32 Å². The van der Waals surface area contributed by atoms with E-state index in [1.807, 2.05) is 6.92 Å². The molecule has 110 valence electrons. The Morgan fingerprint density at radius 3 is 2.86 bits per heavy atom. The first-order chi connectivity index (χ1) is 10.0. The second-order valence-electron chi connectivity index (χ2n) is 4.49. The minimum Gasteiger partial charge on any atom is -0.342 e. The highest BCUT2D eigenvalue weighted by Gasteiger charge is 2.16. The van der Waals surface area contributed by atoms with Gasteiger partial charge in [0.2, 0.25) is 0 Å². The van der Waals surface area contributed by atoms with Gasteiger partial charge in [-0.05, 0) is 43.4 Å². The lowest BCUT2D eigenvalue weighted by Gasteiger charge is -2.14. The molecule has 0 fully saturated rings. The lowest BCUT2D eigenvalue weighted by atomic mass is 10.2. The number of allylic oxidation sites excluding steroid dienone is 1. The van der Waals surface area contributed by atoms with Crippen molar-refractivity contribution in [1.82, 2.24) is 20.1 Å². The molecule has 1 unspecified atom stereocenters. The van der Waals surface area contributed by atoms with E-state index in [-0.39, 0.29) is 11.9 Å². The SMILES string of the molecule is C=CCn1c(C(C)NC(=O)c2ccc(Cl)cc2)n[nH]c1=S. The molecule has 0 aliphatic rings. The number of hydrogen-bond acceptors (Lipinski definition) is 3. The number of carbonyl (C=O) groups is 1. The quantitative estimate of drug-likeness (QED) is 0.656. The monoisotopic (exact) mass is 322 g/mol. The van der Waals surface area contributed by atoms with E-state index in [2.05, 4.69) is 22.1 Å². The summed E-state index contributed by atoms with van der Waals surface area (Å²) in [4.78, 5) is 12.2. The van der Waals surface area contributed by atoms with Gasteiger partial charge in [0.1, 0.15) is 0 Å². The summed E-state index contributed by atoms with van der Waals surface area (Å²) in [5.41, 5.74) is 0.538. The van der Waals surface area contributed by atoms with Crippen LogP contribution in [0.1, 0.15) is 29.1 Å². The van der Waals surface area contributed by atoms with Gasteiger partial charge in [-0.2, -0.15) is 5.10 Å². The third-order valence-corrected chi connectivity index (χ3v) is 3.50. The van der Waals surface area contributed by atoms with Crippen molar-refractivity contribution in [3.63, 3.8) is 0 Å². The van der Waals surface area contributed by atoms with Crippen molar-refractivity contribution in [3.05, 3.63) is 58.1 Å². The Balaban J connectivity index is 2.16. The Hall–Kier alpha value is -1.92. The van der Waals surface area contributed by atoms with Crippen LogP contribution < -0.4 is 5.32 Å². The minimum absolute atomic E-state index is 0.196. The molecule has 1 amide bonds. The molecule has 2 N–H and O–H groups in total. The highest BCUT2D eigenvalue weighted by molar-refractivity contribution is 7.71. The van der Waals surface area contributed by atoms with E-state index in [9.17, 15) is 4.79 Å². The largest absolute Gasteiger partial charge is 0.342 e. The van der Waals surface area contributed by atoms with Crippen LogP contribution in [0.15, 0.2) is 36.9 Å². The second-order valence-corrected chi connectivity index (χ2v) is 5.31. The first kappa shape index (κ1) is 15.5. The zero-order valence-corrected chi connectivity index (χ0v) is 13.0. The molecule has 1 aromatic carbocycles. The third kappa shape index (κ3) is 3.59. The Morgan fingerprint density at radius 2 is 2.24 bits per heavy atom. The van der Waals surface area contributed by atoms with Gasteiger partial charge in [0.05, 0.1) is 6.04 Å². The number of rotatable bonds is 5. The van der Waals surface area contributed by atoms with Gasteiger partial charge in [0.25, 0.3) is 5.91 Å². The van der Waals surface area contributed by atoms with Crippen molar-refractivity contribution in [2.45, 2.75) is 19.5 Å². The standard InChI is InChI=1S/C14H15ClN4OS/c1-3-8-19-12(17-18-14(19)21)9(2)16-13(20)10-4-6-11(15)7-5-10/h3-7,9H,1,8H2,2H3,(H,16,20)(H,18,21). The summed E-state index contributed by atoms with van der Waals surface area (Å²) in [6.07, 6.45) is 1.72. The number of nitrogens with zero attached hydrogens (tertiary/aromatic N) is 2. The topological polar surface area (TPSA) is 62.7 Å². The Kier molecular flexibility index (Phi) is 4.93. The zero-order valence-electron chi connectivity index (χ0n) is 11.5. The summed E-state index contributed by atoms with van der Waals surface area (Å²) in [5, 5.41) is 10.3. The first-order valence-corrected chi connectivity index (χ1v) is 7.14. The molecule has 0 radical (unpaired) electrons. The molecule has 7 heteroatoms. The molecule has 1 heterocycles. The molecular weight excluding hydrogens is 308 g/mol. The van der Waals surface area contributed by atoms with E-state index in [0.717, 1.165) is 0 Å². The summed E-state index contributed by atoms with van der Waals surface area (Å²) < 4.78 is 2.28. The number of halogens is 1. The van der Waals surface area contributed by atoms with E-state index in [1.165, 1.54) is 0 Å². The van der Waals surface area contributed by atoms with Crippen LogP contribution in [-0.4, -0.2) is 20.7 Å². The van der Waals surface area contributed by atoms with Crippen LogP contribution in [0, 0.1) is 4.77 Å². The van der Waals surface area contributed by atoms with Gasteiger partial charge in [-0.3, -0.25) is 14.5 Å². The number of H-pyrrole nitrogens is 1. The molecule has 2 rings (SSSR count). The molecule has 0 saturated carbocycles. The number of nitrogens with one attached hydrogen (secondary N) is 2. The maximum absolute atomic E-state index is 12.2. The summed E-state index contributed by atoms with van der Waals surface area (Å²) in [6, 6.07) is 6.40. The van der Waals surface area contributed by atoms with Crippen LogP contribution in [0.3, 0.4) is 0 Å². The van der Waals surface area contributed by atoms with Crippen molar-refractivity contribution < 1.29 is 4.79 Å². The molecule has 5 nitrogen and oxygen atoms in total. The summed E-state index contributed by atoms with van der Waals surface area (Å²) in [6.45, 7) is 6.06. The first-order valence-electron chi connectivity index (χ1n) is 6.35. The van der Waals surface area contributed by atoms with E-state index in [1.54, 1.807) is 34.9 Å². The molecule has 0 aliphatic heterocycles. The van der Waals surface area contributed by atoms with Crippen LogP contribution in [0.4, 0.5) is 0 Å². The number of aromatic amines is 1.